The molecule has 2 rings (SSSR count). The monoisotopic (exact) mass is 305 g/mol. The minimum atomic E-state index is -0.0687. The molecule has 21 heavy (non-hydrogen) atoms. The molecule has 0 spiro atoms. The average molecular weight is 306 g/mol. The van der Waals surface area contributed by atoms with Crippen LogP contribution in [0.2, 0.25) is 5.02 Å². The minimum Gasteiger partial charge on any atom is -0.325 e. The predicted molar refractivity (Wildman–Crippen MR) is 85.8 cm³/mol. The van der Waals surface area contributed by atoms with E-state index >= 15 is 0 Å². The van der Waals surface area contributed by atoms with Gasteiger partial charge in [-0.2, -0.15) is 5.10 Å². The van der Waals surface area contributed by atoms with Crippen molar-refractivity contribution in [1.82, 2.24) is 9.78 Å². The quantitative estimate of drug-likeness (QED) is 0.926. The highest BCUT2D eigenvalue weighted by atomic mass is 35.5. The summed E-state index contributed by atoms with van der Waals surface area (Å²) in [4.78, 5) is 12.1. The molecule has 0 unspecified atom stereocenters. The fourth-order valence-electron chi connectivity index (χ4n) is 2.37. The molecule has 0 fully saturated rings. The molecule has 4 nitrogen and oxygen atoms in total. The number of aromatic nitrogens is 2. The van der Waals surface area contributed by atoms with Crippen molar-refractivity contribution < 1.29 is 4.79 Å². The lowest BCUT2D eigenvalue weighted by Crippen LogP contribution is -2.19. The third kappa shape index (κ3) is 3.85. The second-order valence-electron chi connectivity index (χ2n) is 5.46. The number of halogens is 1. The zero-order valence-electron chi connectivity index (χ0n) is 12.8. The molecule has 1 atom stereocenters. The Morgan fingerprint density at radius 1 is 1.33 bits per heavy atom. The standard InChI is InChI=1S/C16H20ClN3O/c1-10-5-6-15(14(17)7-10)18-16(21)9-13(4)20-12(3)8-11(2)19-20/h5-8,13H,9H2,1-4H3,(H,18,21)/t13-/m0/s1. The van der Waals surface area contributed by atoms with Crippen LogP contribution in [-0.4, -0.2) is 15.7 Å². The first-order valence-corrected chi connectivity index (χ1v) is 7.33. The molecule has 1 aromatic heterocycles. The highest BCUT2D eigenvalue weighted by molar-refractivity contribution is 6.33. The van der Waals surface area contributed by atoms with Gasteiger partial charge in [0.1, 0.15) is 0 Å². The van der Waals surface area contributed by atoms with Gasteiger partial charge < -0.3 is 5.32 Å². The summed E-state index contributed by atoms with van der Waals surface area (Å²) in [5.41, 5.74) is 3.73. The van der Waals surface area contributed by atoms with E-state index in [4.69, 9.17) is 11.6 Å². The van der Waals surface area contributed by atoms with Crippen molar-refractivity contribution in [2.24, 2.45) is 0 Å². The second-order valence-corrected chi connectivity index (χ2v) is 5.86. The van der Waals surface area contributed by atoms with Crippen LogP contribution in [-0.2, 0) is 4.79 Å². The Morgan fingerprint density at radius 2 is 2.05 bits per heavy atom. The van der Waals surface area contributed by atoms with Crippen LogP contribution in [0.25, 0.3) is 0 Å². The van der Waals surface area contributed by atoms with Crippen molar-refractivity contribution in [2.75, 3.05) is 5.32 Å². The van der Waals surface area contributed by atoms with Crippen molar-refractivity contribution in [3.05, 3.63) is 46.2 Å². The number of carbonyl (C=O) groups excluding carboxylic acids is 1. The lowest BCUT2D eigenvalue weighted by Gasteiger charge is -2.15. The van der Waals surface area contributed by atoms with Crippen molar-refractivity contribution in [2.45, 2.75) is 40.2 Å². The number of hydrogen-bond donors (Lipinski definition) is 1. The summed E-state index contributed by atoms with van der Waals surface area (Å²) in [7, 11) is 0. The average Bonchev–Trinajstić information content (AvgIpc) is 2.72. The van der Waals surface area contributed by atoms with Crippen molar-refractivity contribution >= 4 is 23.2 Å². The van der Waals surface area contributed by atoms with Crippen LogP contribution in [0.15, 0.2) is 24.3 Å². The molecule has 112 valence electrons. The normalized spacial score (nSPS) is 12.2. The maximum absolute atomic E-state index is 12.1. The Hall–Kier alpha value is -1.81. The van der Waals surface area contributed by atoms with E-state index in [2.05, 4.69) is 10.4 Å². The first kappa shape index (κ1) is 15.6. The number of aryl methyl sites for hydroxylation is 3. The van der Waals surface area contributed by atoms with Crippen LogP contribution in [0, 0.1) is 20.8 Å². The molecule has 2 aromatic rings. The smallest absolute Gasteiger partial charge is 0.226 e. The number of amides is 1. The molecule has 0 radical (unpaired) electrons. The fraction of sp³-hybridized carbons (Fsp3) is 0.375. The van der Waals surface area contributed by atoms with Gasteiger partial charge in [-0.25, -0.2) is 0 Å². The third-order valence-corrected chi connectivity index (χ3v) is 3.65. The predicted octanol–water partition coefficient (Wildman–Crippen LogP) is 4.05. The van der Waals surface area contributed by atoms with Crippen LogP contribution in [0.4, 0.5) is 5.69 Å². The Morgan fingerprint density at radius 3 is 2.62 bits per heavy atom. The summed E-state index contributed by atoms with van der Waals surface area (Å²) >= 11 is 6.12. The zero-order valence-corrected chi connectivity index (χ0v) is 13.5. The molecule has 0 saturated heterocycles. The Bertz CT molecular complexity index is 664. The van der Waals surface area contributed by atoms with E-state index in [-0.39, 0.29) is 11.9 Å². The molecule has 0 aliphatic carbocycles. The number of nitrogens with zero attached hydrogens (tertiary/aromatic N) is 2. The highest BCUT2D eigenvalue weighted by Gasteiger charge is 2.14. The summed E-state index contributed by atoms with van der Waals surface area (Å²) in [6, 6.07) is 7.59. The number of carbonyl (C=O) groups is 1. The Labute approximate surface area is 130 Å². The molecule has 0 saturated carbocycles. The molecule has 0 aliphatic heterocycles. The minimum absolute atomic E-state index is 0.00271. The number of rotatable bonds is 4. The molecular formula is C16H20ClN3O. The number of anilines is 1. The lowest BCUT2D eigenvalue weighted by molar-refractivity contribution is -0.116. The van der Waals surface area contributed by atoms with E-state index in [0.29, 0.717) is 17.1 Å². The largest absolute Gasteiger partial charge is 0.325 e. The lowest BCUT2D eigenvalue weighted by atomic mass is 10.2. The van der Waals surface area contributed by atoms with Gasteiger partial charge in [-0.05, 0) is 51.5 Å². The molecule has 0 aliphatic rings. The SMILES string of the molecule is Cc1ccc(NC(=O)C[C@H](C)n2nc(C)cc2C)c(Cl)c1. The van der Waals surface area contributed by atoms with Gasteiger partial charge in [-0.1, -0.05) is 17.7 Å². The molecule has 1 amide bonds. The van der Waals surface area contributed by atoms with Gasteiger partial charge in [0, 0.05) is 12.1 Å². The van der Waals surface area contributed by atoms with Crippen LogP contribution in [0.5, 0.6) is 0 Å². The van der Waals surface area contributed by atoms with Gasteiger partial charge in [0.15, 0.2) is 0 Å². The van der Waals surface area contributed by atoms with Crippen LogP contribution >= 0.6 is 11.6 Å². The second kappa shape index (κ2) is 6.31. The van der Waals surface area contributed by atoms with Crippen molar-refractivity contribution in [3.8, 4) is 0 Å². The zero-order chi connectivity index (χ0) is 15.6. The maximum atomic E-state index is 12.1. The Kier molecular flexibility index (Phi) is 4.68. The highest BCUT2D eigenvalue weighted by Crippen LogP contribution is 2.23. The molecular weight excluding hydrogens is 286 g/mol. The van der Waals surface area contributed by atoms with Crippen molar-refractivity contribution in [3.63, 3.8) is 0 Å². The van der Waals surface area contributed by atoms with Crippen LogP contribution < -0.4 is 5.32 Å². The summed E-state index contributed by atoms with van der Waals surface area (Å²) in [5.74, 6) is -0.0687. The molecule has 0 bridgehead atoms. The number of benzene rings is 1. The van der Waals surface area contributed by atoms with E-state index in [1.54, 1.807) is 0 Å². The van der Waals surface area contributed by atoms with Gasteiger partial charge in [0.25, 0.3) is 0 Å². The van der Waals surface area contributed by atoms with Crippen LogP contribution in [0.1, 0.15) is 36.3 Å². The van der Waals surface area contributed by atoms with Crippen molar-refractivity contribution in [1.29, 1.82) is 0 Å². The van der Waals surface area contributed by atoms with Gasteiger partial charge in [0.2, 0.25) is 5.91 Å². The number of hydrogen-bond acceptors (Lipinski definition) is 2. The van der Waals surface area contributed by atoms with E-state index in [1.807, 2.05) is 56.6 Å². The summed E-state index contributed by atoms with van der Waals surface area (Å²) < 4.78 is 1.88. The first-order chi connectivity index (χ1) is 9.86. The summed E-state index contributed by atoms with van der Waals surface area (Å²) in [6.07, 6.45) is 0.353. The molecule has 1 N–H and O–H groups in total. The third-order valence-electron chi connectivity index (χ3n) is 3.34. The number of nitrogens with one attached hydrogen (secondary N) is 1. The first-order valence-electron chi connectivity index (χ1n) is 6.95. The maximum Gasteiger partial charge on any atom is 0.226 e. The van der Waals surface area contributed by atoms with E-state index in [0.717, 1.165) is 17.0 Å². The summed E-state index contributed by atoms with van der Waals surface area (Å²) in [5, 5.41) is 7.82. The molecule has 1 heterocycles. The topological polar surface area (TPSA) is 46.9 Å². The van der Waals surface area contributed by atoms with Gasteiger partial charge in [-0.3, -0.25) is 9.48 Å². The van der Waals surface area contributed by atoms with Gasteiger partial charge >= 0.3 is 0 Å². The summed E-state index contributed by atoms with van der Waals surface area (Å²) in [6.45, 7) is 7.88. The van der Waals surface area contributed by atoms with E-state index in [1.165, 1.54) is 0 Å². The van der Waals surface area contributed by atoms with Gasteiger partial charge in [0.05, 0.1) is 22.4 Å². The van der Waals surface area contributed by atoms with E-state index < -0.39 is 0 Å². The van der Waals surface area contributed by atoms with E-state index in [9.17, 15) is 4.79 Å². The fourth-order valence-corrected chi connectivity index (χ4v) is 2.65. The molecule has 5 heteroatoms. The Balaban J connectivity index is 2.03. The molecule has 1 aromatic carbocycles. The van der Waals surface area contributed by atoms with Crippen LogP contribution in [0.3, 0.4) is 0 Å². The van der Waals surface area contributed by atoms with Gasteiger partial charge in [-0.15, -0.1) is 0 Å².